The molecule has 0 bridgehead atoms. The third kappa shape index (κ3) is 3.08. The molecule has 1 aromatic heterocycles. The van der Waals surface area contributed by atoms with Crippen LogP contribution in [0.5, 0.6) is 5.75 Å². The number of halogens is 1. The summed E-state index contributed by atoms with van der Waals surface area (Å²) in [6.45, 7) is 0.524. The quantitative estimate of drug-likeness (QED) is 0.790. The summed E-state index contributed by atoms with van der Waals surface area (Å²) in [5, 5.41) is 1.03. The van der Waals surface area contributed by atoms with Gasteiger partial charge in [-0.25, -0.2) is 4.98 Å². The number of benzene rings is 2. The van der Waals surface area contributed by atoms with Gasteiger partial charge in [-0.3, -0.25) is 0 Å². The number of ether oxygens (including phenoxy) is 1. The van der Waals surface area contributed by atoms with Gasteiger partial charge in [0.2, 0.25) is 0 Å². The van der Waals surface area contributed by atoms with Crippen LogP contribution < -0.4 is 10.5 Å². The van der Waals surface area contributed by atoms with Gasteiger partial charge < -0.3 is 10.5 Å². The van der Waals surface area contributed by atoms with Gasteiger partial charge in [-0.2, -0.15) is 0 Å². The van der Waals surface area contributed by atoms with Crippen molar-refractivity contribution in [3.63, 3.8) is 0 Å². The molecule has 0 aliphatic heterocycles. The van der Waals surface area contributed by atoms with Gasteiger partial charge in [-0.1, -0.05) is 42.5 Å². The van der Waals surface area contributed by atoms with Crippen molar-refractivity contribution in [3.8, 4) is 5.75 Å². The number of hydrogen-bond acceptors (Lipinski definition) is 3. The number of nitrogen functional groups attached to an aromatic ring is 1. The van der Waals surface area contributed by atoms with E-state index in [1.807, 2.05) is 54.6 Å². The second kappa shape index (κ2) is 6.39. The molecule has 0 aliphatic rings. The van der Waals surface area contributed by atoms with Gasteiger partial charge in [0, 0.05) is 5.39 Å². The van der Waals surface area contributed by atoms with Crippen LogP contribution in [0, 0.1) is 0 Å². The molecule has 0 aliphatic carbocycles. The average Bonchev–Trinajstić information content (AvgIpc) is 2.46. The summed E-state index contributed by atoms with van der Waals surface area (Å²) >= 11 is 0. The lowest BCUT2D eigenvalue weighted by Gasteiger charge is -2.09. The zero-order valence-corrected chi connectivity index (χ0v) is 12.5. The van der Waals surface area contributed by atoms with Crippen LogP contribution >= 0.6 is 17.0 Å². The van der Waals surface area contributed by atoms with Crippen LogP contribution in [0.15, 0.2) is 60.7 Å². The van der Waals surface area contributed by atoms with Gasteiger partial charge in [0.1, 0.15) is 23.7 Å². The molecular weight excluding hydrogens is 316 g/mol. The van der Waals surface area contributed by atoms with Crippen molar-refractivity contribution >= 4 is 33.7 Å². The molecule has 0 atom stereocenters. The van der Waals surface area contributed by atoms with Crippen molar-refractivity contribution in [2.45, 2.75) is 6.61 Å². The Hall–Kier alpha value is -2.07. The summed E-state index contributed by atoms with van der Waals surface area (Å²) < 4.78 is 5.84. The van der Waals surface area contributed by atoms with E-state index in [0.717, 1.165) is 22.2 Å². The number of rotatable bonds is 3. The second-order valence-electron chi connectivity index (χ2n) is 4.34. The Kier molecular flexibility index (Phi) is 4.58. The Bertz CT molecular complexity index is 701. The standard InChI is InChI=1S/C16H14N2O.BrH/c17-15-10-9-13-7-4-8-14(16(13)18-15)19-11-12-5-2-1-3-6-12;/h1-10H,11H2,(H2,17,18);1H. The van der Waals surface area contributed by atoms with Crippen LogP contribution in [0.1, 0.15) is 5.56 Å². The lowest BCUT2D eigenvalue weighted by Crippen LogP contribution is -1.97. The highest BCUT2D eigenvalue weighted by Gasteiger charge is 2.04. The number of fused-ring (bicyclic) bond motifs is 1. The Morgan fingerprint density at radius 1 is 0.900 bits per heavy atom. The molecule has 2 N–H and O–H groups in total. The first-order chi connectivity index (χ1) is 9.33. The minimum Gasteiger partial charge on any atom is -0.487 e. The van der Waals surface area contributed by atoms with Crippen LogP contribution in [0.3, 0.4) is 0 Å². The van der Waals surface area contributed by atoms with Crippen molar-refractivity contribution in [1.29, 1.82) is 0 Å². The molecule has 1 heterocycles. The van der Waals surface area contributed by atoms with E-state index in [-0.39, 0.29) is 17.0 Å². The molecule has 0 saturated carbocycles. The molecule has 20 heavy (non-hydrogen) atoms. The van der Waals surface area contributed by atoms with Gasteiger partial charge in [0.15, 0.2) is 0 Å². The molecule has 0 unspecified atom stereocenters. The Morgan fingerprint density at radius 3 is 2.50 bits per heavy atom. The van der Waals surface area contributed by atoms with Crippen molar-refractivity contribution in [3.05, 3.63) is 66.2 Å². The number of hydrogen-bond donors (Lipinski definition) is 1. The van der Waals surface area contributed by atoms with E-state index in [2.05, 4.69) is 4.98 Å². The predicted octanol–water partition coefficient (Wildman–Crippen LogP) is 3.97. The maximum absolute atomic E-state index is 5.84. The largest absolute Gasteiger partial charge is 0.487 e. The van der Waals surface area contributed by atoms with Gasteiger partial charge >= 0.3 is 0 Å². The highest BCUT2D eigenvalue weighted by molar-refractivity contribution is 8.93. The number of nitrogens with two attached hydrogens (primary N) is 1. The normalized spacial score (nSPS) is 10.0. The van der Waals surface area contributed by atoms with Crippen molar-refractivity contribution in [1.82, 2.24) is 4.98 Å². The van der Waals surface area contributed by atoms with Gasteiger partial charge in [0.25, 0.3) is 0 Å². The SMILES string of the molecule is Br.Nc1ccc2cccc(OCc3ccccc3)c2n1. The van der Waals surface area contributed by atoms with E-state index >= 15 is 0 Å². The molecule has 0 spiro atoms. The maximum Gasteiger partial charge on any atom is 0.146 e. The molecule has 0 saturated heterocycles. The van der Waals surface area contributed by atoms with E-state index in [1.165, 1.54) is 0 Å². The molecule has 3 aromatic rings. The summed E-state index contributed by atoms with van der Waals surface area (Å²) in [5.74, 6) is 1.26. The Morgan fingerprint density at radius 2 is 1.70 bits per heavy atom. The first-order valence-corrected chi connectivity index (χ1v) is 6.15. The maximum atomic E-state index is 5.84. The molecule has 2 aromatic carbocycles. The Balaban J connectivity index is 0.00000147. The number of aromatic nitrogens is 1. The van der Waals surface area contributed by atoms with Crippen LogP contribution in [-0.4, -0.2) is 4.98 Å². The first kappa shape index (κ1) is 14.3. The molecule has 0 radical (unpaired) electrons. The number of anilines is 1. The molecule has 3 nitrogen and oxygen atoms in total. The average molecular weight is 331 g/mol. The highest BCUT2D eigenvalue weighted by Crippen LogP contribution is 2.25. The summed E-state index contributed by atoms with van der Waals surface area (Å²) in [6.07, 6.45) is 0. The van der Waals surface area contributed by atoms with E-state index in [4.69, 9.17) is 10.5 Å². The smallest absolute Gasteiger partial charge is 0.146 e. The van der Waals surface area contributed by atoms with Crippen LogP contribution in [0.4, 0.5) is 5.82 Å². The molecule has 0 fully saturated rings. The summed E-state index contributed by atoms with van der Waals surface area (Å²) in [5.41, 5.74) is 7.67. The van der Waals surface area contributed by atoms with Crippen molar-refractivity contribution in [2.24, 2.45) is 0 Å². The van der Waals surface area contributed by atoms with Crippen LogP contribution in [0.25, 0.3) is 10.9 Å². The van der Waals surface area contributed by atoms with Gasteiger partial charge in [0.05, 0.1) is 0 Å². The lowest BCUT2D eigenvalue weighted by atomic mass is 10.2. The molecular formula is C16H15BrN2O. The van der Waals surface area contributed by atoms with Crippen LogP contribution in [0.2, 0.25) is 0 Å². The summed E-state index contributed by atoms with van der Waals surface area (Å²) in [4.78, 5) is 4.34. The fourth-order valence-electron chi connectivity index (χ4n) is 1.99. The first-order valence-electron chi connectivity index (χ1n) is 6.15. The van der Waals surface area contributed by atoms with Gasteiger partial charge in [-0.05, 0) is 23.8 Å². The molecule has 102 valence electrons. The predicted molar refractivity (Wildman–Crippen MR) is 87.3 cm³/mol. The topological polar surface area (TPSA) is 48.1 Å². The van der Waals surface area contributed by atoms with Crippen molar-refractivity contribution < 1.29 is 4.74 Å². The van der Waals surface area contributed by atoms with Gasteiger partial charge in [-0.15, -0.1) is 17.0 Å². The highest BCUT2D eigenvalue weighted by atomic mass is 79.9. The van der Waals surface area contributed by atoms with E-state index in [0.29, 0.717) is 12.4 Å². The van der Waals surface area contributed by atoms with E-state index < -0.39 is 0 Å². The zero-order valence-electron chi connectivity index (χ0n) is 10.8. The summed E-state index contributed by atoms with van der Waals surface area (Å²) in [7, 11) is 0. The lowest BCUT2D eigenvalue weighted by molar-refractivity contribution is 0.309. The van der Waals surface area contributed by atoms with E-state index in [1.54, 1.807) is 6.07 Å². The molecule has 4 heteroatoms. The minimum atomic E-state index is 0. The third-order valence-corrected chi connectivity index (χ3v) is 2.94. The zero-order chi connectivity index (χ0) is 13.1. The second-order valence-corrected chi connectivity index (χ2v) is 4.34. The number of nitrogens with zero attached hydrogens (tertiary/aromatic N) is 1. The number of para-hydroxylation sites is 1. The Labute approximate surface area is 128 Å². The third-order valence-electron chi connectivity index (χ3n) is 2.94. The fraction of sp³-hybridized carbons (Fsp3) is 0.0625. The molecule has 3 rings (SSSR count). The molecule has 0 amide bonds. The van der Waals surface area contributed by atoms with Crippen LogP contribution in [-0.2, 0) is 6.61 Å². The number of pyridine rings is 1. The minimum absolute atomic E-state index is 0. The summed E-state index contributed by atoms with van der Waals surface area (Å²) in [6, 6.07) is 19.7. The monoisotopic (exact) mass is 330 g/mol. The van der Waals surface area contributed by atoms with E-state index in [9.17, 15) is 0 Å². The fourth-order valence-corrected chi connectivity index (χ4v) is 1.99. The van der Waals surface area contributed by atoms with Crippen molar-refractivity contribution in [2.75, 3.05) is 5.73 Å².